The fraction of sp³-hybridized carbons (Fsp3) is 0.588. The van der Waals surface area contributed by atoms with Gasteiger partial charge >= 0.3 is 0 Å². The first-order valence-corrected chi connectivity index (χ1v) is 7.90. The molecule has 2 rings (SSSR count). The lowest BCUT2D eigenvalue weighted by molar-refractivity contribution is 0.0956. The normalized spacial score (nSPS) is 16.6. The second-order valence-electron chi connectivity index (χ2n) is 5.63. The average molecular weight is 274 g/mol. The van der Waals surface area contributed by atoms with Gasteiger partial charge in [0.15, 0.2) is 0 Å². The number of rotatable bonds is 5. The maximum Gasteiger partial charge on any atom is 0.251 e. The molecule has 3 nitrogen and oxygen atoms in total. The van der Waals surface area contributed by atoms with E-state index in [9.17, 15) is 4.79 Å². The Balaban J connectivity index is 1.82. The van der Waals surface area contributed by atoms with Gasteiger partial charge in [0.25, 0.3) is 5.91 Å². The number of amides is 1. The molecule has 1 aliphatic carbocycles. The Morgan fingerprint density at radius 2 is 1.75 bits per heavy atom. The van der Waals surface area contributed by atoms with Crippen LogP contribution in [0.1, 0.15) is 61.4 Å². The Bertz CT molecular complexity index is 406. The summed E-state index contributed by atoms with van der Waals surface area (Å²) in [6.07, 6.45) is 8.09. The quantitative estimate of drug-likeness (QED) is 0.809. The van der Waals surface area contributed by atoms with E-state index in [1.165, 1.54) is 44.1 Å². The fourth-order valence-corrected chi connectivity index (χ4v) is 2.78. The zero-order valence-electron chi connectivity index (χ0n) is 12.5. The molecule has 1 amide bonds. The average Bonchev–Trinajstić information content (AvgIpc) is 2.74. The van der Waals surface area contributed by atoms with Crippen LogP contribution in [0.25, 0.3) is 0 Å². The van der Waals surface area contributed by atoms with Crippen molar-refractivity contribution in [3.05, 3.63) is 35.4 Å². The van der Waals surface area contributed by atoms with E-state index in [1.807, 2.05) is 31.2 Å². The van der Waals surface area contributed by atoms with Crippen LogP contribution in [0.3, 0.4) is 0 Å². The van der Waals surface area contributed by atoms with Gasteiger partial charge in [0.1, 0.15) is 0 Å². The van der Waals surface area contributed by atoms with Crippen LogP contribution in [-0.2, 0) is 6.54 Å². The molecular formula is C17H26N2O. The van der Waals surface area contributed by atoms with E-state index in [0.29, 0.717) is 12.6 Å². The van der Waals surface area contributed by atoms with E-state index in [4.69, 9.17) is 0 Å². The predicted octanol–water partition coefficient (Wildman–Crippen LogP) is 3.25. The van der Waals surface area contributed by atoms with Gasteiger partial charge < -0.3 is 10.6 Å². The van der Waals surface area contributed by atoms with Crippen molar-refractivity contribution in [3.63, 3.8) is 0 Å². The maximum atomic E-state index is 11.7. The number of hydrogen-bond donors (Lipinski definition) is 2. The number of benzene rings is 1. The molecule has 0 aromatic heterocycles. The number of nitrogens with one attached hydrogen (secondary N) is 2. The highest BCUT2D eigenvalue weighted by Gasteiger charge is 2.11. The van der Waals surface area contributed by atoms with Crippen molar-refractivity contribution in [2.45, 2.75) is 58.0 Å². The van der Waals surface area contributed by atoms with E-state index in [0.717, 1.165) is 12.1 Å². The third-order valence-corrected chi connectivity index (χ3v) is 4.00. The molecule has 0 bridgehead atoms. The van der Waals surface area contributed by atoms with Crippen molar-refractivity contribution < 1.29 is 4.79 Å². The molecule has 20 heavy (non-hydrogen) atoms. The zero-order chi connectivity index (χ0) is 14.2. The number of carbonyl (C=O) groups excluding carboxylic acids is 1. The second-order valence-corrected chi connectivity index (χ2v) is 5.63. The molecule has 110 valence electrons. The molecule has 1 aliphatic rings. The Morgan fingerprint density at radius 3 is 2.35 bits per heavy atom. The summed E-state index contributed by atoms with van der Waals surface area (Å²) in [6, 6.07) is 8.59. The second kappa shape index (κ2) is 8.05. The minimum Gasteiger partial charge on any atom is -0.352 e. The summed E-state index contributed by atoms with van der Waals surface area (Å²) < 4.78 is 0. The molecule has 0 unspecified atom stereocenters. The molecule has 0 spiro atoms. The molecular weight excluding hydrogens is 248 g/mol. The van der Waals surface area contributed by atoms with Crippen molar-refractivity contribution in [2.24, 2.45) is 0 Å². The van der Waals surface area contributed by atoms with Gasteiger partial charge in [-0.2, -0.15) is 0 Å². The topological polar surface area (TPSA) is 41.1 Å². The van der Waals surface area contributed by atoms with E-state index in [1.54, 1.807) is 0 Å². The summed E-state index contributed by atoms with van der Waals surface area (Å²) in [5.41, 5.74) is 1.99. The summed E-state index contributed by atoms with van der Waals surface area (Å²) in [5, 5.41) is 6.47. The lowest BCUT2D eigenvalue weighted by atomic mass is 10.1. The van der Waals surface area contributed by atoms with E-state index < -0.39 is 0 Å². The third kappa shape index (κ3) is 4.64. The highest BCUT2D eigenvalue weighted by atomic mass is 16.1. The summed E-state index contributed by atoms with van der Waals surface area (Å²) in [5.74, 6) is 0.00998. The summed E-state index contributed by atoms with van der Waals surface area (Å²) >= 11 is 0. The molecule has 0 aliphatic heterocycles. The summed E-state index contributed by atoms with van der Waals surface area (Å²) in [7, 11) is 0. The highest BCUT2D eigenvalue weighted by molar-refractivity contribution is 5.94. The van der Waals surface area contributed by atoms with Gasteiger partial charge in [-0.3, -0.25) is 4.79 Å². The number of hydrogen-bond acceptors (Lipinski definition) is 2. The van der Waals surface area contributed by atoms with Gasteiger partial charge in [0.05, 0.1) is 0 Å². The Kier molecular flexibility index (Phi) is 6.06. The molecule has 0 radical (unpaired) electrons. The third-order valence-electron chi connectivity index (χ3n) is 4.00. The van der Waals surface area contributed by atoms with Gasteiger partial charge in [-0.25, -0.2) is 0 Å². The fourth-order valence-electron chi connectivity index (χ4n) is 2.78. The van der Waals surface area contributed by atoms with Gasteiger partial charge in [-0.05, 0) is 37.5 Å². The first-order chi connectivity index (χ1) is 9.79. The molecule has 1 aromatic carbocycles. The van der Waals surface area contributed by atoms with Crippen LogP contribution in [0.4, 0.5) is 0 Å². The van der Waals surface area contributed by atoms with Crippen LogP contribution in [0.15, 0.2) is 24.3 Å². The van der Waals surface area contributed by atoms with Crippen molar-refractivity contribution in [1.29, 1.82) is 0 Å². The van der Waals surface area contributed by atoms with E-state index >= 15 is 0 Å². The number of carbonyl (C=O) groups is 1. The lowest BCUT2D eigenvalue weighted by Crippen LogP contribution is -2.28. The molecule has 1 aromatic rings. The molecule has 0 saturated heterocycles. The van der Waals surface area contributed by atoms with Crippen LogP contribution in [0.2, 0.25) is 0 Å². The zero-order valence-corrected chi connectivity index (χ0v) is 12.5. The molecule has 2 N–H and O–H groups in total. The lowest BCUT2D eigenvalue weighted by Gasteiger charge is -2.16. The largest absolute Gasteiger partial charge is 0.352 e. The maximum absolute atomic E-state index is 11.7. The molecule has 0 heterocycles. The van der Waals surface area contributed by atoms with Crippen molar-refractivity contribution in [2.75, 3.05) is 6.54 Å². The molecule has 1 fully saturated rings. The van der Waals surface area contributed by atoms with Crippen LogP contribution >= 0.6 is 0 Å². The van der Waals surface area contributed by atoms with Crippen LogP contribution in [0, 0.1) is 0 Å². The van der Waals surface area contributed by atoms with Crippen LogP contribution < -0.4 is 10.6 Å². The first-order valence-electron chi connectivity index (χ1n) is 7.90. The van der Waals surface area contributed by atoms with Gasteiger partial charge in [0.2, 0.25) is 0 Å². The highest BCUT2D eigenvalue weighted by Crippen LogP contribution is 2.17. The summed E-state index contributed by atoms with van der Waals surface area (Å²) in [4.78, 5) is 11.7. The van der Waals surface area contributed by atoms with Gasteiger partial charge in [-0.1, -0.05) is 37.8 Å². The van der Waals surface area contributed by atoms with Crippen LogP contribution in [-0.4, -0.2) is 18.5 Å². The monoisotopic (exact) mass is 274 g/mol. The van der Waals surface area contributed by atoms with Gasteiger partial charge in [-0.15, -0.1) is 0 Å². The van der Waals surface area contributed by atoms with Crippen molar-refractivity contribution in [3.8, 4) is 0 Å². The van der Waals surface area contributed by atoms with E-state index in [-0.39, 0.29) is 5.91 Å². The Labute approximate surface area is 122 Å². The molecule has 3 heteroatoms. The standard InChI is InChI=1S/C17H26N2O/c1-2-18-17(20)15-11-9-14(10-12-15)13-19-16-7-5-3-4-6-8-16/h9-12,16,19H,2-8,13H2,1H3,(H,18,20). The van der Waals surface area contributed by atoms with Crippen molar-refractivity contribution >= 4 is 5.91 Å². The SMILES string of the molecule is CCNC(=O)c1ccc(CNC2CCCCCC2)cc1. The van der Waals surface area contributed by atoms with Gasteiger partial charge in [0, 0.05) is 24.7 Å². The summed E-state index contributed by atoms with van der Waals surface area (Å²) in [6.45, 7) is 3.51. The molecule has 1 saturated carbocycles. The Hall–Kier alpha value is -1.35. The smallest absolute Gasteiger partial charge is 0.251 e. The molecule has 0 atom stereocenters. The predicted molar refractivity (Wildman–Crippen MR) is 82.8 cm³/mol. The van der Waals surface area contributed by atoms with Crippen LogP contribution in [0.5, 0.6) is 0 Å². The minimum atomic E-state index is 0.00998. The minimum absolute atomic E-state index is 0.00998. The van der Waals surface area contributed by atoms with E-state index in [2.05, 4.69) is 10.6 Å². The first kappa shape index (κ1) is 15.0. The Morgan fingerprint density at radius 1 is 1.10 bits per heavy atom. The van der Waals surface area contributed by atoms with Crippen molar-refractivity contribution in [1.82, 2.24) is 10.6 Å².